The summed E-state index contributed by atoms with van der Waals surface area (Å²) >= 11 is 0. The highest BCUT2D eigenvalue weighted by molar-refractivity contribution is 5.62. The molecule has 0 radical (unpaired) electrons. The van der Waals surface area contributed by atoms with E-state index in [4.69, 9.17) is 0 Å². The van der Waals surface area contributed by atoms with Crippen LogP contribution in [0.3, 0.4) is 0 Å². The number of rotatable bonds is 3. The van der Waals surface area contributed by atoms with E-state index in [0.29, 0.717) is 6.04 Å². The van der Waals surface area contributed by atoms with Crippen LogP contribution in [-0.2, 0) is 0 Å². The number of hydrogen-bond acceptors (Lipinski definition) is 4. The van der Waals surface area contributed by atoms with E-state index in [1.807, 2.05) is 23.7 Å². The van der Waals surface area contributed by atoms with E-state index in [1.165, 1.54) is 32.1 Å². The number of aryl methyl sites for hydroxylation is 1. The molecule has 102 valence electrons. The quantitative estimate of drug-likeness (QED) is 0.921. The summed E-state index contributed by atoms with van der Waals surface area (Å²) in [4.78, 5) is 4.42. The number of fused-ring (bicyclic) bond motifs is 1. The number of nitrogens with zero attached hydrogens (tertiary/aromatic N) is 4. The second kappa shape index (κ2) is 5.15. The van der Waals surface area contributed by atoms with E-state index in [1.54, 1.807) is 0 Å². The Bertz CT molecular complexity index is 554. The first kappa shape index (κ1) is 12.4. The standard InChI is InChI=1S/C14H21N5/c1-3-11-4-6-12(7-5-11)16-13-14-18-17-10(2)19(14)9-8-15-13/h8-9,11-12H,3-7H2,1-2H3,(H,15,16). The summed E-state index contributed by atoms with van der Waals surface area (Å²) in [7, 11) is 0. The zero-order chi connectivity index (χ0) is 13.2. The molecule has 2 heterocycles. The van der Waals surface area contributed by atoms with Gasteiger partial charge >= 0.3 is 0 Å². The fraction of sp³-hybridized carbons (Fsp3) is 0.643. The van der Waals surface area contributed by atoms with Gasteiger partial charge in [-0.15, -0.1) is 10.2 Å². The van der Waals surface area contributed by atoms with Crippen molar-refractivity contribution < 1.29 is 0 Å². The molecule has 1 aliphatic rings. The Morgan fingerprint density at radius 3 is 2.79 bits per heavy atom. The van der Waals surface area contributed by atoms with Crippen molar-refractivity contribution in [1.82, 2.24) is 19.6 Å². The van der Waals surface area contributed by atoms with Gasteiger partial charge in [-0.25, -0.2) is 4.98 Å². The Balaban J connectivity index is 1.75. The van der Waals surface area contributed by atoms with Crippen LogP contribution in [0.1, 0.15) is 44.9 Å². The second-order valence-electron chi connectivity index (χ2n) is 5.49. The predicted octanol–water partition coefficient (Wildman–Crippen LogP) is 2.81. The summed E-state index contributed by atoms with van der Waals surface area (Å²) in [5.41, 5.74) is 0.831. The summed E-state index contributed by atoms with van der Waals surface area (Å²) in [5.74, 6) is 2.68. The van der Waals surface area contributed by atoms with Crippen LogP contribution in [0, 0.1) is 12.8 Å². The van der Waals surface area contributed by atoms with Crippen molar-refractivity contribution in [3.05, 3.63) is 18.2 Å². The van der Waals surface area contributed by atoms with Crippen LogP contribution >= 0.6 is 0 Å². The van der Waals surface area contributed by atoms with Crippen molar-refractivity contribution in [2.75, 3.05) is 5.32 Å². The molecule has 0 aromatic carbocycles. The maximum absolute atomic E-state index is 4.42. The summed E-state index contributed by atoms with van der Waals surface area (Å²) in [6, 6.07) is 0.526. The maximum atomic E-state index is 4.42. The normalized spacial score (nSPS) is 23.7. The van der Waals surface area contributed by atoms with Crippen molar-refractivity contribution in [1.29, 1.82) is 0 Å². The van der Waals surface area contributed by atoms with Crippen molar-refractivity contribution >= 4 is 11.5 Å². The summed E-state index contributed by atoms with van der Waals surface area (Å²) in [6.07, 6.45) is 10.1. The van der Waals surface area contributed by atoms with Crippen LogP contribution in [0.2, 0.25) is 0 Å². The Kier molecular flexibility index (Phi) is 3.36. The topological polar surface area (TPSA) is 55.1 Å². The van der Waals surface area contributed by atoms with Gasteiger partial charge < -0.3 is 5.32 Å². The average Bonchev–Trinajstić information content (AvgIpc) is 2.83. The first-order valence-electron chi connectivity index (χ1n) is 7.20. The van der Waals surface area contributed by atoms with Crippen LogP contribution in [-0.4, -0.2) is 25.6 Å². The SMILES string of the molecule is CCC1CCC(Nc2nccn3c(C)nnc23)CC1. The van der Waals surface area contributed by atoms with E-state index < -0.39 is 0 Å². The number of hydrogen-bond donors (Lipinski definition) is 1. The molecule has 2 aromatic rings. The fourth-order valence-electron chi connectivity index (χ4n) is 2.95. The molecule has 1 saturated carbocycles. The van der Waals surface area contributed by atoms with Crippen LogP contribution in [0.4, 0.5) is 5.82 Å². The van der Waals surface area contributed by atoms with Gasteiger partial charge in [0.2, 0.25) is 5.65 Å². The Morgan fingerprint density at radius 1 is 1.26 bits per heavy atom. The molecule has 1 N–H and O–H groups in total. The van der Waals surface area contributed by atoms with Gasteiger partial charge in [0.1, 0.15) is 5.82 Å². The monoisotopic (exact) mass is 259 g/mol. The lowest BCUT2D eigenvalue weighted by Crippen LogP contribution is -2.26. The van der Waals surface area contributed by atoms with Gasteiger partial charge in [0.05, 0.1) is 0 Å². The minimum atomic E-state index is 0.526. The van der Waals surface area contributed by atoms with Crippen molar-refractivity contribution in [2.45, 2.75) is 52.0 Å². The number of aromatic nitrogens is 4. The summed E-state index contributed by atoms with van der Waals surface area (Å²) in [6.45, 7) is 4.25. The molecular weight excluding hydrogens is 238 g/mol. The zero-order valence-electron chi connectivity index (χ0n) is 11.6. The molecule has 3 rings (SSSR count). The highest BCUT2D eigenvalue weighted by atomic mass is 15.3. The minimum absolute atomic E-state index is 0.526. The third kappa shape index (κ3) is 2.41. The molecule has 5 heteroatoms. The van der Waals surface area contributed by atoms with Gasteiger partial charge in [-0.2, -0.15) is 0 Å². The van der Waals surface area contributed by atoms with Gasteiger partial charge in [-0.3, -0.25) is 4.40 Å². The zero-order valence-corrected chi connectivity index (χ0v) is 11.6. The van der Waals surface area contributed by atoms with Crippen LogP contribution in [0.5, 0.6) is 0 Å². The minimum Gasteiger partial charge on any atom is -0.364 e. The molecular formula is C14H21N5. The van der Waals surface area contributed by atoms with E-state index in [9.17, 15) is 0 Å². The highest BCUT2D eigenvalue weighted by Crippen LogP contribution is 2.28. The third-order valence-corrected chi connectivity index (χ3v) is 4.26. The third-order valence-electron chi connectivity index (χ3n) is 4.26. The molecule has 0 unspecified atom stereocenters. The molecule has 0 aliphatic heterocycles. The van der Waals surface area contributed by atoms with Crippen molar-refractivity contribution in [2.24, 2.45) is 5.92 Å². The largest absolute Gasteiger partial charge is 0.364 e. The average molecular weight is 259 g/mol. The Morgan fingerprint density at radius 2 is 2.05 bits per heavy atom. The lowest BCUT2D eigenvalue weighted by atomic mass is 9.84. The molecule has 0 amide bonds. The van der Waals surface area contributed by atoms with E-state index in [0.717, 1.165) is 23.2 Å². The smallest absolute Gasteiger partial charge is 0.203 e. The summed E-state index contributed by atoms with van der Waals surface area (Å²) in [5, 5.41) is 11.9. The maximum Gasteiger partial charge on any atom is 0.203 e. The van der Waals surface area contributed by atoms with E-state index in [2.05, 4.69) is 27.4 Å². The molecule has 0 spiro atoms. The van der Waals surface area contributed by atoms with Crippen LogP contribution < -0.4 is 5.32 Å². The Hall–Kier alpha value is -1.65. The van der Waals surface area contributed by atoms with E-state index >= 15 is 0 Å². The molecule has 19 heavy (non-hydrogen) atoms. The van der Waals surface area contributed by atoms with E-state index in [-0.39, 0.29) is 0 Å². The fourth-order valence-corrected chi connectivity index (χ4v) is 2.95. The lowest BCUT2D eigenvalue weighted by molar-refractivity contribution is 0.330. The summed E-state index contributed by atoms with van der Waals surface area (Å²) < 4.78 is 1.98. The molecule has 0 bridgehead atoms. The molecule has 1 aliphatic carbocycles. The van der Waals surface area contributed by atoms with Crippen molar-refractivity contribution in [3.8, 4) is 0 Å². The predicted molar refractivity (Wildman–Crippen MR) is 75.2 cm³/mol. The highest BCUT2D eigenvalue weighted by Gasteiger charge is 2.21. The second-order valence-corrected chi connectivity index (χ2v) is 5.49. The molecule has 2 aromatic heterocycles. The molecule has 1 fully saturated rings. The van der Waals surface area contributed by atoms with Crippen LogP contribution in [0.25, 0.3) is 5.65 Å². The molecule has 5 nitrogen and oxygen atoms in total. The first-order chi connectivity index (χ1) is 9.28. The van der Waals surface area contributed by atoms with Crippen LogP contribution in [0.15, 0.2) is 12.4 Å². The van der Waals surface area contributed by atoms with Gasteiger partial charge in [0.25, 0.3) is 0 Å². The van der Waals surface area contributed by atoms with Gasteiger partial charge in [0.15, 0.2) is 5.82 Å². The van der Waals surface area contributed by atoms with Gasteiger partial charge in [-0.1, -0.05) is 13.3 Å². The van der Waals surface area contributed by atoms with Gasteiger partial charge in [0, 0.05) is 18.4 Å². The molecule has 0 saturated heterocycles. The first-order valence-corrected chi connectivity index (χ1v) is 7.20. The van der Waals surface area contributed by atoms with Crippen molar-refractivity contribution in [3.63, 3.8) is 0 Å². The molecule has 0 atom stereocenters. The van der Waals surface area contributed by atoms with Gasteiger partial charge in [-0.05, 0) is 38.5 Å². The lowest BCUT2D eigenvalue weighted by Gasteiger charge is -2.28. The Labute approximate surface area is 113 Å². The number of nitrogens with one attached hydrogen (secondary N) is 1. The number of anilines is 1.